The third-order valence-corrected chi connectivity index (χ3v) is 4.26. The van der Waals surface area contributed by atoms with Crippen molar-refractivity contribution >= 4 is 27.6 Å². The summed E-state index contributed by atoms with van der Waals surface area (Å²) < 4.78 is 31.6. The summed E-state index contributed by atoms with van der Waals surface area (Å²) in [6, 6.07) is 4.18. The van der Waals surface area contributed by atoms with Crippen LogP contribution in [0.3, 0.4) is 0 Å². The second-order valence-corrected chi connectivity index (χ2v) is 6.52. The van der Waals surface area contributed by atoms with Crippen molar-refractivity contribution in [3.63, 3.8) is 0 Å². The summed E-state index contributed by atoms with van der Waals surface area (Å²) in [5, 5.41) is 8.99. The van der Waals surface area contributed by atoms with Crippen LogP contribution in [0, 0.1) is 5.92 Å². The molecular formula is C12H16ClNO5S. The molecule has 0 spiro atoms. The molecule has 0 heterocycles. The van der Waals surface area contributed by atoms with Gasteiger partial charge >= 0.3 is 5.97 Å². The number of carbonyl (C=O) groups is 1. The van der Waals surface area contributed by atoms with Crippen molar-refractivity contribution in [2.45, 2.75) is 18.2 Å². The lowest BCUT2D eigenvalue weighted by Crippen LogP contribution is -2.29. The predicted molar refractivity (Wildman–Crippen MR) is 74.6 cm³/mol. The summed E-state index contributed by atoms with van der Waals surface area (Å²) in [4.78, 5) is 10.5. The van der Waals surface area contributed by atoms with Crippen LogP contribution in [0.25, 0.3) is 0 Å². The molecule has 6 nitrogen and oxygen atoms in total. The molecule has 0 fully saturated rings. The van der Waals surface area contributed by atoms with E-state index in [1.807, 2.05) is 0 Å². The maximum Gasteiger partial charge on any atom is 0.303 e. The van der Waals surface area contributed by atoms with Gasteiger partial charge in [0.1, 0.15) is 10.6 Å². The minimum atomic E-state index is -3.78. The van der Waals surface area contributed by atoms with Crippen molar-refractivity contribution < 1.29 is 23.1 Å². The molecule has 1 atom stereocenters. The van der Waals surface area contributed by atoms with Gasteiger partial charge in [-0.05, 0) is 18.1 Å². The minimum absolute atomic E-state index is 0.0282. The molecule has 1 unspecified atom stereocenters. The molecule has 2 N–H and O–H groups in total. The van der Waals surface area contributed by atoms with Gasteiger partial charge in [0.2, 0.25) is 10.0 Å². The number of sulfonamides is 1. The Morgan fingerprint density at radius 3 is 2.70 bits per heavy atom. The van der Waals surface area contributed by atoms with Crippen molar-refractivity contribution in [3.05, 3.63) is 23.2 Å². The zero-order valence-electron chi connectivity index (χ0n) is 11.1. The average Bonchev–Trinajstić information content (AvgIpc) is 2.35. The summed E-state index contributed by atoms with van der Waals surface area (Å²) in [6.45, 7) is 1.68. The Bertz CT molecular complexity index is 588. The van der Waals surface area contributed by atoms with Crippen LogP contribution >= 0.6 is 11.6 Å². The molecule has 0 aromatic heterocycles. The Morgan fingerprint density at radius 1 is 1.50 bits per heavy atom. The summed E-state index contributed by atoms with van der Waals surface area (Å²) >= 11 is 5.77. The zero-order chi connectivity index (χ0) is 15.3. The molecule has 8 heteroatoms. The van der Waals surface area contributed by atoms with Crippen LogP contribution in [0.5, 0.6) is 5.75 Å². The van der Waals surface area contributed by atoms with Gasteiger partial charge in [0.25, 0.3) is 0 Å². The van der Waals surface area contributed by atoms with Crippen molar-refractivity contribution in [1.29, 1.82) is 0 Å². The Balaban J connectivity index is 2.86. The zero-order valence-corrected chi connectivity index (χ0v) is 12.7. The summed E-state index contributed by atoms with van der Waals surface area (Å²) in [5.41, 5.74) is 0. The number of carboxylic acid groups (broad SMARTS) is 1. The summed E-state index contributed by atoms with van der Waals surface area (Å²) in [7, 11) is -2.43. The number of hydrogen-bond acceptors (Lipinski definition) is 4. The van der Waals surface area contributed by atoms with Crippen LogP contribution in [-0.4, -0.2) is 33.1 Å². The summed E-state index contributed by atoms with van der Waals surface area (Å²) in [6.07, 6.45) is -0.111. The van der Waals surface area contributed by atoms with E-state index >= 15 is 0 Å². The average molecular weight is 322 g/mol. The second-order valence-electron chi connectivity index (χ2n) is 4.35. The molecule has 0 aliphatic carbocycles. The largest absolute Gasteiger partial charge is 0.495 e. The fraction of sp³-hybridized carbons (Fsp3) is 0.417. The number of carboxylic acids is 1. The number of halogens is 1. The Hall–Kier alpha value is -1.31. The van der Waals surface area contributed by atoms with E-state index in [-0.39, 0.29) is 29.5 Å². The smallest absolute Gasteiger partial charge is 0.303 e. The summed E-state index contributed by atoms with van der Waals surface area (Å²) in [5.74, 6) is -1.16. The van der Waals surface area contributed by atoms with E-state index in [4.69, 9.17) is 21.4 Å². The van der Waals surface area contributed by atoms with Crippen LogP contribution in [0.15, 0.2) is 23.1 Å². The van der Waals surface area contributed by atoms with Gasteiger partial charge in [0.05, 0.1) is 7.11 Å². The van der Waals surface area contributed by atoms with E-state index in [1.165, 1.54) is 25.3 Å². The normalized spacial score (nSPS) is 12.9. The van der Waals surface area contributed by atoms with E-state index in [1.54, 1.807) is 6.92 Å². The SMILES string of the molecule is COc1cc(Cl)ccc1S(=O)(=O)NCC(C)CC(=O)O. The Kier molecular flexibility index (Phi) is 5.79. The molecule has 20 heavy (non-hydrogen) atoms. The molecule has 0 bridgehead atoms. The number of aliphatic carboxylic acids is 1. The van der Waals surface area contributed by atoms with Gasteiger partial charge in [-0.2, -0.15) is 0 Å². The molecule has 0 aliphatic rings. The molecule has 0 saturated heterocycles. The van der Waals surface area contributed by atoms with Gasteiger partial charge in [-0.1, -0.05) is 18.5 Å². The molecule has 1 aromatic rings. The Labute approximate surface area is 122 Å². The number of methoxy groups -OCH3 is 1. The first kappa shape index (κ1) is 16.7. The van der Waals surface area contributed by atoms with Crippen LogP contribution in [0.4, 0.5) is 0 Å². The van der Waals surface area contributed by atoms with E-state index in [9.17, 15) is 13.2 Å². The molecule has 0 amide bonds. The molecule has 112 valence electrons. The predicted octanol–water partition coefficient (Wildman–Crippen LogP) is 1.74. The monoisotopic (exact) mass is 321 g/mol. The molecule has 0 aliphatic heterocycles. The third kappa shape index (κ3) is 4.66. The molecular weight excluding hydrogens is 306 g/mol. The molecule has 0 saturated carbocycles. The van der Waals surface area contributed by atoms with Crippen LogP contribution < -0.4 is 9.46 Å². The van der Waals surface area contributed by atoms with Crippen molar-refractivity contribution in [2.75, 3.05) is 13.7 Å². The standard InChI is InChI=1S/C12H16ClNO5S/c1-8(5-12(15)16)7-14-20(17,18)11-4-3-9(13)6-10(11)19-2/h3-4,6,8,14H,5,7H2,1-2H3,(H,15,16). The first-order valence-corrected chi connectivity index (χ1v) is 7.67. The van der Waals surface area contributed by atoms with Gasteiger partial charge in [-0.15, -0.1) is 0 Å². The lowest BCUT2D eigenvalue weighted by Gasteiger charge is -2.13. The number of benzene rings is 1. The number of hydrogen-bond donors (Lipinski definition) is 2. The van der Waals surface area contributed by atoms with E-state index in [0.717, 1.165) is 0 Å². The molecule has 1 aromatic carbocycles. The fourth-order valence-electron chi connectivity index (χ4n) is 1.56. The van der Waals surface area contributed by atoms with Crippen molar-refractivity contribution in [2.24, 2.45) is 5.92 Å². The molecule has 0 radical (unpaired) electrons. The van der Waals surface area contributed by atoms with Crippen LogP contribution in [0.1, 0.15) is 13.3 Å². The van der Waals surface area contributed by atoms with E-state index < -0.39 is 16.0 Å². The highest BCUT2D eigenvalue weighted by atomic mass is 35.5. The van der Waals surface area contributed by atoms with E-state index in [0.29, 0.717) is 5.02 Å². The Morgan fingerprint density at radius 2 is 2.15 bits per heavy atom. The highest BCUT2D eigenvalue weighted by Gasteiger charge is 2.20. The van der Waals surface area contributed by atoms with Gasteiger partial charge in [0.15, 0.2) is 0 Å². The second kappa shape index (κ2) is 6.92. The lowest BCUT2D eigenvalue weighted by molar-refractivity contribution is -0.137. The molecule has 1 rings (SSSR count). The van der Waals surface area contributed by atoms with Crippen LogP contribution in [-0.2, 0) is 14.8 Å². The first-order chi connectivity index (χ1) is 9.26. The number of rotatable bonds is 7. The highest BCUT2D eigenvalue weighted by Crippen LogP contribution is 2.27. The van der Waals surface area contributed by atoms with Gasteiger partial charge in [-0.25, -0.2) is 13.1 Å². The lowest BCUT2D eigenvalue weighted by atomic mass is 10.1. The van der Waals surface area contributed by atoms with Gasteiger partial charge in [-0.3, -0.25) is 4.79 Å². The maximum atomic E-state index is 12.1. The van der Waals surface area contributed by atoms with Crippen molar-refractivity contribution in [3.8, 4) is 5.75 Å². The third-order valence-electron chi connectivity index (χ3n) is 2.56. The number of nitrogens with one attached hydrogen (secondary N) is 1. The fourth-order valence-corrected chi connectivity index (χ4v) is 3.04. The quantitative estimate of drug-likeness (QED) is 0.798. The van der Waals surface area contributed by atoms with Gasteiger partial charge in [0, 0.05) is 24.1 Å². The van der Waals surface area contributed by atoms with Gasteiger partial charge < -0.3 is 9.84 Å². The first-order valence-electron chi connectivity index (χ1n) is 5.81. The topological polar surface area (TPSA) is 92.7 Å². The number of ether oxygens (including phenoxy) is 1. The van der Waals surface area contributed by atoms with Crippen molar-refractivity contribution in [1.82, 2.24) is 4.72 Å². The highest BCUT2D eigenvalue weighted by molar-refractivity contribution is 7.89. The van der Waals surface area contributed by atoms with Crippen LogP contribution in [0.2, 0.25) is 5.02 Å². The maximum absolute atomic E-state index is 12.1. The van der Waals surface area contributed by atoms with E-state index in [2.05, 4.69) is 4.72 Å². The minimum Gasteiger partial charge on any atom is -0.495 e.